The van der Waals surface area contributed by atoms with Crippen molar-refractivity contribution in [2.75, 3.05) is 19.5 Å². The number of thioether (sulfide) groups is 1. The summed E-state index contributed by atoms with van der Waals surface area (Å²) in [6, 6.07) is 1.67. The number of halogens is 1. The second-order valence-electron chi connectivity index (χ2n) is 3.79. The SMILES string of the molecule is COc1cc(OC)nc(SC(CBr)C(C)C)n1. The summed E-state index contributed by atoms with van der Waals surface area (Å²) in [5, 5.41) is 2.00. The number of alkyl halides is 1. The van der Waals surface area contributed by atoms with Crippen LogP contribution >= 0.6 is 27.7 Å². The van der Waals surface area contributed by atoms with Crippen LogP contribution in [0.2, 0.25) is 0 Å². The number of aromatic nitrogens is 2. The second-order valence-corrected chi connectivity index (χ2v) is 5.64. The Balaban J connectivity index is 2.89. The van der Waals surface area contributed by atoms with Crippen LogP contribution in [0.1, 0.15) is 13.8 Å². The molecule has 1 unspecified atom stereocenters. The maximum atomic E-state index is 5.12. The Labute approximate surface area is 115 Å². The van der Waals surface area contributed by atoms with Gasteiger partial charge in [0.05, 0.1) is 20.3 Å². The molecule has 0 fully saturated rings. The molecular formula is C11H17BrN2O2S. The van der Waals surface area contributed by atoms with E-state index < -0.39 is 0 Å². The zero-order chi connectivity index (χ0) is 12.8. The van der Waals surface area contributed by atoms with E-state index in [4.69, 9.17) is 9.47 Å². The van der Waals surface area contributed by atoms with Crippen molar-refractivity contribution in [1.82, 2.24) is 9.97 Å². The van der Waals surface area contributed by atoms with Crippen molar-refractivity contribution in [3.05, 3.63) is 6.07 Å². The normalized spacial score (nSPS) is 12.6. The molecule has 0 amide bonds. The molecule has 0 saturated heterocycles. The molecule has 0 aliphatic rings. The Hall–Kier alpha value is -0.490. The third kappa shape index (κ3) is 4.35. The van der Waals surface area contributed by atoms with Gasteiger partial charge in [0.2, 0.25) is 11.8 Å². The van der Waals surface area contributed by atoms with Crippen LogP contribution in [0.4, 0.5) is 0 Å². The number of methoxy groups -OCH3 is 2. The van der Waals surface area contributed by atoms with E-state index >= 15 is 0 Å². The van der Waals surface area contributed by atoms with Crippen molar-refractivity contribution < 1.29 is 9.47 Å². The Kier molecular flexibility index (Phi) is 6.05. The largest absolute Gasteiger partial charge is 0.481 e. The van der Waals surface area contributed by atoms with Crippen molar-refractivity contribution in [2.24, 2.45) is 5.92 Å². The van der Waals surface area contributed by atoms with Gasteiger partial charge in [0.25, 0.3) is 0 Å². The molecule has 1 atom stereocenters. The Bertz CT molecular complexity index is 341. The van der Waals surface area contributed by atoms with E-state index in [0.717, 1.165) is 5.33 Å². The maximum Gasteiger partial charge on any atom is 0.220 e. The van der Waals surface area contributed by atoms with Crippen molar-refractivity contribution in [3.63, 3.8) is 0 Å². The van der Waals surface area contributed by atoms with Crippen LogP contribution in [-0.4, -0.2) is 34.8 Å². The third-order valence-electron chi connectivity index (χ3n) is 2.23. The Morgan fingerprint density at radius 1 is 1.24 bits per heavy atom. The summed E-state index contributed by atoms with van der Waals surface area (Å²) >= 11 is 5.13. The molecule has 1 aromatic heterocycles. The van der Waals surface area contributed by atoms with Gasteiger partial charge >= 0.3 is 0 Å². The second kappa shape index (κ2) is 7.06. The maximum absolute atomic E-state index is 5.12. The first kappa shape index (κ1) is 14.6. The first-order valence-electron chi connectivity index (χ1n) is 5.30. The molecule has 0 saturated carbocycles. The molecule has 0 aliphatic heterocycles. The lowest BCUT2D eigenvalue weighted by atomic mass is 10.2. The molecular weight excluding hydrogens is 304 g/mol. The summed E-state index contributed by atoms with van der Waals surface area (Å²) in [6.07, 6.45) is 0. The molecule has 1 heterocycles. The smallest absolute Gasteiger partial charge is 0.220 e. The van der Waals surface area contributed by atoms with E-state index in [9.17, 15) is 0 Å². The molecule has 0 N–H and O–H groups in total. The van der Waals surface area contributed by atoms with Gasteiger partial charge in [0.1, 0.15) is 0 Å². The zero-order valence-corrected chi connectivity index (χ0v) is 12.8. The molecule has 1 rings (SSSR count). The van der Waals surface area contributed by atoms with Crippen LogP contribution in [0.3, 0.4) is 0 Å². The fourth-order valence-electron chi connectivity index (χ4n) is 1.13. The minimum atomic E-state index is 0.423. The van der Waals surface area contributed by atoms with Crippen LogP contribution in [0.15, 0.2) is 11.2 Å². The molecule has 6 heteroatoms. The van der Waals surface area contributed by atoms with Gasteiger partial charge in [-0.15, -0.1) is 0 Å². The van der Waals surface area contributed by atoms with Crippen molar-refractivity contribution >= 4 is 27.7 Å². The molecule has 17 heavy (non-hydrogen) atoms. The van der Waals surface area contributed by atoms with Gasteiger partial charge in [-0.3, -0.25) is 0 Å². The van der Waals surface area contributed by atoms with Gasteiger partial charge in [-0.2, -0.15) is 9.97 Å². The van der Waals surface area contributed by atoms with E-state index in [1.165, 1.54) is 0 Å². The average Bonchev–Trinajstić information content (AvgIpc) is 2.34. The molecule has 0 aliphatic carbocycles. The molecule has 0 aromatic carbocycles. The lowest BCUT2D eigenvalue weighted by Gasteiger charge is -2.16. The van der Waals surface area contributed by atoms with Crippen LogP contribution < -0.4 is 9.47 Å². The first-order chi connectivity index (χ1) is 8.10. The van der Waals surface area contributed by atoms with Gasteiger partial charge in [-0.05, 0) is 5.92 Å². The highest BCUT2D eigenvalue weighted by atomic mass is 79.9. The van der Waals surface area contributed by atoms with Crippen molar-refractivity contribution in [1.29, 1.82) is 0 Å². The first-order valence-corrected chi connectivity index (χ1v) is 7.30. The minimum Gasteiger partial charge on any atom is -0.481 e. The van der Waals surface area contributed by atoms with Crippen molar-refractivity contribution in [2.45, 2.75) is 24.3 Å². The van der Waals surface area contributed by atoms with Crippen LogP contribution in [0, 0.1) is 5.92 Å². The molecule has 0 spiro atoms. The van der Waals surface area contributed by atoms with Crippen molar-refractivity contribution in [3.8, 4) is 11.8 Å². The highest BCUT2D eigenvalue weighted by molar-refractivity contribution is 9.09. The third-order valence-corrected chi connectivity index (χ3v) is 4.76. The topological polar surface area (TPSA) is 44.2 Å². The molecule has 1 aromatic rings. The highest BCUT2D eigenvalue weighted by Crippen LogP contribution is 2.29. The number of hydrogen-bond acceptors (Lipinski definition) is 5. The molecule has 4 nitrogen and oxygen atoms in total. The summed E-state index contributed by atoms with van der Waals surface area (Å²) in [7, 11) is 3.17. The number of hydrogen-bond donors (Lipinski definition) is 0. The fraction of sp³-hybridized carbons (Fsp3) is 0.636. The standard InChI is InChI=1S/C11H17BrN2O2S/c1-7(2)8(6-12)17-11-13-9(15-3)5-10(14-11)16-4/h5,7-8H,6H2,1-4H3. The molecule has 0 radical (unpaired) electrons. The number of nitrogens with zero attached hydrogens (tertiary/aromatic N) is 2. The van der Waals surface area contributed by atoms with Gasteiger partial charge < -0.3 is 9.47 Å². The van der Waals surface area contributed by atoms with E-state index in [-0.39, 0.29) is 0 Å². The fourth-order valence-corrected chi connectivity index (χ4v) is 3.16. The quantitative estimate of drug-likeness (QED) is 0.458. The summed E-state index contributed by atoms with van der Waals surface area (Å²) in [5.74, 6) is 1.59. The lowest BCUT2D eigenvalue weighted by molar-refractivity contribution is 0.364. The van der Waals surface area contributed by atoms with Gasteiger partial charge in [0, 0.05) is 10.6 Å². The molecule has 0 bridgehead atoms. The Morgan fingerprint density at radius 2 is 1.76 bits per heavy atom. The summed E-state index contributed by atoms with van der Waals surface area (Å²) in [6.45, 7) is 4.35. The van der Waals surface area contributed by atoms with Gasteiger partial charge in [-0.25, -0.2) is 0 Å². The van der Waals surface area contributed by atoms with Gasteiger partial charge in [0.15, 0.2) is 5.16 Å². The minimum absolute atomic E-state index is 0.423. The zero-order valence-electron chi connectivity index (χ0n) is 10.4. The van der Waals surface area contributed by atoms with E-state index in [0.29, 0.717) is 28.1 Å². The highest BCUT2D eigenvalue weighted by Gasteiger charge is 2.16. The van der Waals surface area contributed by atoms with Crippen LogP contribution in [0.25, 0.3) is 0 Å². The van der Waals surface area contributed by atoms with Crippen LogP contribution in [-0.2, 0) is 0 Å². The monoisotopic (exact) mass is 320 g/mol. The predicted octanol–water partition coefficient (Wildman–Crippen LogP) is 3.01. The summed E-state index contributed by atoms with van der Waals surface area (Å²) in [5.41, 5.74) is 0. The summed E-state index contributed by atoms with van der Waals surface area (Å²) in [4.78, 5) is 8.60. The predicted molar refractivity (Wildman–Crippen MR) is 73.4 cm³/mol. The van der Waals surface area contributed by atoms with E-state index in [1.807, 2.05) is 0 Å². The Morgan fingerprint density at radius 3 is 2.12 bits per heavy atom. The summed E-state index contributed by atoms with van der Waals surface area (Å²) < 4.78 is 10.2. The lowest BCUT2D eigenvalue weighted by Crippen LogP contribution is -2.13. The average molecular weight is 321 g/mol. The van der Waals surface area contributed by atoms with E-state index in [1.54, 1.807) is 32.0 Å². The molecule has 96 valence electrons. The van der Waals surface area contributed by atoms with Crippen LogP contribution in [0.5, 0.6) is 11.8 Å². The van der Waals surface area contributed by atoms with E-state index in [2.05, 4.69) is 39.7 Å². The number of ether oxygens (including phenoxy) is 2. The number of rotatable bonds is 6. The van der Waals surface area contributed by atoms with Gasteiger partial charge in [-0.1, -0.05) is 41.5 Å².